The number of anilines is 2. The fraction of sp³-hybridized carbons (Fsp3) is 0.562. The number of aliphatic hydroxyl groups excluding tert-OH is 2. The van der Waals surface area contributed by atoms with E-state index in [9.17, 15) is 39.6 Å². The van der Waals surface area contributed by atoms with Crippen LogP contribution in [0.1, 0.15) is 37.8 Å². The lowest BCUT2D eigenvalue weighted by molar-refractivity contribution is -0.153. The highest BCUT2D eigenvalue weighted by atomic mass is 16.3. The largest absolute Gasteiger partial charge is 0.508 e. The first-order valence-electron chi connectivity index (χ1n) is 15.2. The summed E-state index contributed by atoms with van der Waals surface area (Å²) < 4.78 is 0. The average Bonchev–Trinajstić information content (AvgIpc) is 2.90. The van der Waals surface area contributed by atoms with Crippen LogP contribution in [0.25, 0.3) is 5.76 Å². The standard InChI is InChI=1S/C32H43N5O8/c1-14(2)7-8-37-12-16(13-37)31(44)34-19-11-20(35(3)4)17-9-15-10-18-24(36(5)6)27(40)23(30(33)43)29(42)32(18,45)28(41)21(15)26(39)22(17)25(19)38/h11,14-16,18,24,38-39,42,45H,7-10,12-13H2,1-6H3,(H2,33,43)(H,34,44)/t15?,18-,24-,32-/m0/s1. The molecule has 1 unspecified atom stereocenters. The Bertz CT molecular complexity index is 1540. The summed E-state index contributed by atoms with van der Waals surface area (Å²) in [5, 5.41) is 48.8. The van der Waals surface area contributed by atoms with Gasteiger partial charge in [0.2, 0.25) is 11.7 Å². The number of phenols is 1. The van der Waals surface area contributed by atoms with E-state index in [2.05, 4.69) is 24.1 Å². The summed E-state index contributed by atoms with van der Waals surface area (Å²) in [6, 6.07) is 0.468. The molecule has 0 radical (unpaired) electrons. The zero-order valence-corrected chi connectivity index (χ0v) is 26.5. The Labute approximate surface area is 262 Å². The van der Waals surface area contributed by atoms with E-state index in [0.29, 0.717) is 30.3 Å². The molecule has 2 fully saturated rings. The number of primary amides is 1. The van der Waals surface area contributed by atoms with Crippen molar-refractivity contribution < 1.29 is 39.6 Å². The third kappa shape index (κ3) is 5.06. The van der Waals surface area contributed by atoms with Crippen LogP contribution in [0.5, 0.6) is 5.75 Å². The molecule has 1 aliphatic heterocycles. The smallest absolute Gasteiger partial charge is 0.255 e. The summed E-state index contributed by atoms with van der Waals surface area (Å²) >= 11 is 0. The molecule has 1 heterocycles. The zero-order valence-electron chi connectivity index (χ0n) is 26.5. The summed E-state index contributed by atoms with van der Waals surface area (Å²) in [5.41, 5.74) is 2.66. The molecule has 1 aromatic carbocycles. The van der Waals surface area contributed by atoms with Crippen molar-refractivity contribution in [3.63, 3.8) is 0 Å². The van der Waals surface area contributed by atoms with Crippen LogP contribution in [-0.2, 0) is 25.6 Å². The molecule has 7 N–H and O–H groups in total. The highest BCUT2D eigenvalue weighted by Gasteiger charge is 2.64. The van der Waals surface area contributed by atoms with Crippen LogP contribution >= 0.6 is 0 Å². The van der Waals surface area contributed by atoms with Gasteiger partial charge in [-0.05, 0) is 63.4 Å². The molecule has 1 aromatic rings. The number of likely N-dealkylation sites (tertiary alicyclic amines) is 1. The molecule has 0 aromatic heterocycles. The minimum atomic E-state index is -2.72. The number of nitrogens with one attached hydrogen (secondary N) is 1. The normalized spacial score (nSPS) is 26.9. The topological polar surface area (TPSA) is 197 Å². The van der Waals surface area contributed by atoms with Crippen LogP contribution in [-0.4, -0.2) is 113 Å². The van der Waals surface area contributed by atoms with E-state index in [1.54, 1.807) is 39.2 Å². The summed E-state index contributed by atoms with van der Waals surface area (Å²) in [6.07, 6.45) is 1.17. The van der Waals surface area contributed by atoms with Gasteiger partial charge in [-0.1, -0.05) is 13.8 Å². The number of Topliss-reactive ketones (excluding diaryl/α,β-unsaturated/α-hetero) is 2. The van der Waals surface area contributed by atoms with Gasteiger partial charge in [-0.15, -0.1) is 0 Å². The van der Waals surface area contributed by atoms with Crippen molar-refractivity contribution in [2.24, 2.45) is 29.4 Å². The van der Waals surface area contributed by atoms with E-state index in [-0.39, 0.29) is 41.5 Å². The lowest BCUT2D eigenvalue weighted by atomic mass is 9.57. The second-order valence-corrected chi connectivity index (χ2v) is 13.6. The van der Waals surface area contributed by atoms with E-state index < -0.39 is 63.8 Å². The SMILES string of the molecule is CC(C)CCN1CC(C(=O)Nc2cc(N(C)C)c3c(c2O)C(O)=C2C(=O)[C@]4(O)C(O)=C(C(N)=O)C(=O)[C@@H](N(C)C)[C@@H]4CC2C3)C1. The van der Waals surface area contributed by atoms with Crippen LogP contribution in [0.3, 0.4) is 0 Å². The fourth-order valence-electron chi connectivity index (χ4n) is 7.38. The predicted octanol–water partition coefficient (Wildman–Crippen LogP) is 0.946. The van der Waals surface area contributed by atoms with E-state index in [0.717, 1.165) is 13.0 Å². The van der Waals surface area contributed by atoms with E-state index in [1.165, 1.54) is 4.90 Å². The number of phenolic OH excluding ortho intramolecular Hbond substituents is 1. The molecule has 4 atom stereocenters. The maximum absolute atomic E-state index is 14.1. The molecule has 4 aliphatic rings. The second-order valence-electron chi connectivity index (χ2n) is 13.6. The first kappa shape index (κ1) is 32.5. The minimum absolute atomic E-state index is 0.00707. The van der Waals surface area contributed by atoms with Gasteiger partial charge >= 0.3 is 0 Å². The number of hydrogen-bond acceptors (Lipinski definition) is 11. The Morgan fingerprint density at radius 2 is 1.78 bits per heavy atom. The molecular formula is C32H43N5O8. The van der Waals surface area contributed by atoms with Crippen LogP contribution in [0.2, 0.25) is 0 Å². The molecule has 1 saturated heterocycles. The molecule has 2 amide bonds. The summed E-state index contributed by atoms with van der Waals surface area (Å²) in [7, 11) is 6.65. The summed E-state index contributed by atoms with van der Waals surface area (Å²) in [4.78, 5) is 58.2. The van der Waals surface area contributed by atoms with Gasteiger partial charge in [-0.2, -0.15) is 0 Å². The minimum Gasteiger partial charge on any atom is -0.508 e. The number of nitrogens with two attached hydrogens (primary N) is 1. The lowest BCUT2D eigenvalue weighted by Gasteiger charge is -2.50. The van der Waals surface area contributed by atoms with Gasteiger partial charge in [0.05, 0.1) is 23.2 Å². The number of ketones is 2. The van der Waals surface area contributed by atoms with Gasteiger partial charge in [0.15, 0.2) is 11.4 Å². The molecule has 0 bridgehead atoms. The number of hydrogen-bond donors (Lipinski definition) is 6. The number of aromatic hydroxyl groups is 1. The molecule has 1 saturated carbocycles. The van der Waals surface area contributed by atoms with Crippen molar-refractivity contribution in [2.75, 3.05) is 58.0 Å². The number of carbonyl (C=O) groups is 4. The van der Waals surface area contributed by atoms with Gasteiger partial charge in [-0.25, -0.2) is 0 Å². The molecular weight excluding hydrogens is 582 g/mol. The van der Waals surface area contributed by atoms with E-state index in [1.807, 2.05) is 0 Å². The summed E-state index contributed by atoms with van der Waals surface area (Å²) in [5.74, 6) is -7.21. The summed E-state index contributed by atoms with van der Waals surface area (Å²) in [6.45, 7) is 6.38. The fourth-order valence-corrected chi connectivity index (χ4v) is 7.38. The zero-order chi connectivity index (χ0) is 33.3. The number of rotatable bonds is 8. The number of carbonyl (C=O) groups excluding carboxylic acids is 4. The number of fused-ring (bicyclic) bond motifs is 3. The first-order valence-corrected chi connectivity index (χ1v) is 15.2. The number of nitrogens with zero attached hydrogens (tertiary/aromatic N) is 3. The lowest BCUT2D eigenvalue weighted by Crippen LogP contribution is -2.65. The van der Waals surface area contributed by atoms with Crippen LogP contribution in [0, 0.1) is 23.7 Å². The number of likely N-dealkylation sites (N-methyl/N-ethyl adjacent to an activating group) is 1. The molecule has 0 spiro atoms. The first-order chi connectivity index (χ1) is 21.0. The Morgan fingerprint density at radius 3 is 2.33 bits per heavy atom. The van der Waals surface area contributed by atoms with Crippen molar-refractivity contribution in [3.05, 3.63) is 34.1 Å². The molecule has 5 rings (SSSR count). The monoisotopic (exact) mass is 625 g/mol. The van der Waals surface area contributed by atoms with Gasteiger partial charge in [0.1, 0.15) is 22.8 Å². The maximum atomic E-state index is 14.1. The Morgan fingerprint density at radius 1 is 1.13 bits per heavy atom. The van der Waals surface area contributed by atoms with Gasteiger partial charge in [0.25, 0.3) is 5.91 Å². The Hall–Kier alpha value is -3.94. The number of aliphatic hydroxyl groups is 3. The third-order valence-electron chi connectivity index (χ3n) is 9.79. The average molecular weight is 626 g/mol. The molecule has 13 heteroatoms. The molecule has 13 nitrogen and oxygen atoms in total. The molecule has 45 heavy (non-hydrogen) atoms. The molecule has 244 valence electrons. The van der Waals surface area contributed by atoms with Gasteiger partial charge < -0.3 is 41.3 Å². The van der Waals surface area contributed by atoms with Crippen molar-refractivity contribution in [3.8, 4) is 5.75 Å². The molecule has 3 aliphatic carbocycles. The van der Waals surface area contributed by atoms with E-state index in [4.69, 9.17) is 5.73 Å². The van der Waals surface area contributed by atoms with Gasteiger partial charge in [0, 0.05) is 44.4 Å². The highest BCUT2D eigenvalue weighted by molar-refractivity contribution is 6.24. The quantitative estimate of drug-likeness (QED) is 0.178. The van der Waals surface area contributed by atoms with Crippen molar-refractivity contribution >= 4 is 40.5 Å². The Balaban J connectivity index is 1.56. The van der Waals surface area contributed by atoms with Crippen molar-refractivity contribution in [1.29, 1.82) is 0 Å². The number of benzene rings is 1. The highest BCUT2D eigenvalue weighted by Crippen LogP contribution is 2.54. The van der Waals surface area contributed by atoms with Crippen molar-refractivity contribution in [1.82, 2.24) is 9.80 Å². The second kappa shape index (κ2) is 11.5. The van der Waals surface area contributed by atoms with Gasteiger partial charge in [-0.3, -0.25) is 24.1 Å². The predicted molar refractivity (Wildman–Crippen MR) is 167 cm³/mol. The Kier molecular flexibility index (Phi) is 8.26. The van der Waals surface area contributed by atoms with Crippen molar-refractivity contribution in [2.45, 2.75) is 44.8 Å². The number of amides is 2. The van der Waals surface area contributed by atoms with Crippen LogP contribution < -0.4 is 16.0 Å². The van der Waals surface area contributed by atoms with Crippen LogP contribution in [0.4, 0.5) is 11.4 Å². The van der Waals surface area contributed by atoms with E-state index >= 15 is 0 Å². The third-order valence-corrected chi connectivity index (χ3v) is 9.79. The maximum Gasteiger partial charge on any atom is 0.255 e. The van der Waals surface area contributed by atoms with Crippen LogP contribution in [0.15, 0.2) is 23.0 Å².